The highest BCUT2D eigenvalue weighted by Crippen LogP contribution is 2.38. The fourth-order valence-electron chi connectivity index (χ4n) is 3.38. The molecular formula is C14H20N4O2. The van der Waals surface area contributed by atoms with Crippen LogP contribution in [-0.4, -0.2) is 44.6 Å². The molecule has 0 radical (unpaired) electrons. The molecule has 1 atom stereocenters. The van der Waals surface area contributed by atoms with Crippen LogP contribution < -0.4 is 5.32 Å². The Bertz CT molecular complexity index is 505. The molecule has 2 fully saturated rings. The maximum Gasteiger partial charge on any atom is 0.246 e. The Balaban J connectivity index is 1.82. The molecule has 0 aromatic carbocycles. The van der Waals surface area contributed by atoms with E-state index in [2.05, 4.69) is 10.4 Å². The zero-order chi connectivity index (χ0) is 14.2. The van der Waals surface area contributed by atoms with E-state index in [1.807, 2.05) is 12.3 Å². The molecule has 1 saturated carbocycles. The monoisotopic (exact) mass is 276 g/mol. The lowest BCUT2D eigenvalue weighted by Gasteiger charge is -2.45. The Labute approximate surface area is 118 Å². The average Bonchev–Trinajstić information content (AvgIpc) is 3.08. The first-order valence-corrected chi connectivity index (χ1v) is 7.23. The predicted molar refractivity (Wildman–Crippen MR) is 72.7 cm³/mol. The Morgan fingerprint density at radius 1 is 1.35 bits per heavy atom. The van der Waals surface area contributed by atoms with Crippen molar-refractivity contribution in [3.63, 3.8) is 0 Å². The summed E-state index contributed by atoms with van der Waals surface area (Å²) in [6.45, 7) is 2.92. The fraction of sp³-hybridized carbons (Fsp3) is 0.643. The van der Waals surface area contributed by atoms with Gasteiger partial charge in [-0.3, -0.25) is 14.3 Å². The second-order valence-corrected chi connectivity index (χ2v) is 5.69. The van der Waals surface area contributed by atoms with Crippen molar-refractivity contribution in [2.75, 3.05) is 6.54 Å². The van der Waals surface area contributed by atoms with Crippen LogP contribution in [0.4, 0.5) is 0 Å². The van der Waals surface area contributed by atoms with Crippen LogP contribution in [0.25, 0.3) is 0 Å². The number of rotatable bonds is 3. The Morgan fingerprint density at radius 3 is 2.75 bits per heavy atom. The van der Waals surface area contributed by atoms with E-state index in [0.29, 0.717) is 13.1 Å². The third kappa shape index (κ3) is 1.99. The Hall–Kier alpha value is -1.85. The third-order valence-corrected chi connectivity index (χ3v) is 4.47. The summed E-state index contributed by atoms with van der Waals surface area (Å²) in [5.41, 5.74) is -0.614. The number of piperazine rings is 1. The van der Waals surface area contributed by atoms with E-state index in [1.54, 1.807) is 22.7 Å². The molecule has 2 amide bonds. The van der Waals surface area contributed by atoms with Crippen molar-refractivity contribution in [3.8, 4) is 0 Å². The molecule has 20 heavy (non-hydrogen) atoms. The summed E-state index contributed by atoms with van der Waals surface area (Å²) < 4.78 is 1.80. The number of nitrogens with one attached hydrogen (secondary N) is 1. The lowest BCUT2D eigenvalue weighted by Crippen LogP contribution is -2.69. The predicted octanol–water partition coefficient (Wildman–Crippen LogP) is 0.543. The van der Waals surface area contributed by atoms with Crippen molar-refractivity contribution in [2.24, 2.45) is 0 Å². The van der Waals surface area contributed by atoms with Crippen LogP contribution in [0.3, 0.4) is 0 Å². The average molecular weight is 276 g/mol. The molecule has 6 heteroatoms. The van der Waals surface area contributed by atoms with E-state index in [-0.39, 0.29) is 11.8 Å². The van der Waals surface area contributed by atoms with E-state index < -0.39 is 11.6 Å². The van der Waals surface area contributed by atoms with Gasteiger partial charge in [-0.1, -0.05) is 12.8 Å². The summed E-state index contributed by atoms with van der Waals surface area (Å²) in [5.74, 6) is 0.0428. The molecule has 1 saturated heterocycles. The minimum absolute atomic E-state index is 0.0163. The first kappa shape index (κ1) is 13.1. The molecule has 2 aliphatic rings. The van der Waals surface area contributed by atoms with E-state index in [0.717, 1.165) is 25.7 Å². The minimum atomic E-state index is -0.614. The molecular weight excluding hydrogens is 256 g/mol. The van der Waals surface area contributed by atoms with Gasteiger partial charge in [0.15, 0.2) is 0 Å². The Morgan fingerprint density at radius 2 is 2.10 bits per heavy atom. The quantitative estimate of drug-likeness (QED) is 0.876. The van der Waals surface area contributed by atoms with Gasteiger partial charge >= 0.3 is 0 Å². The highest BCUT2D eigenvalue weighted by molar-refractivity contribution is 5.99. The van der Waals surface area contributed by atoms with E-state index >= 15 is 0 Å². The lowest BCUT2D eigenvalue weighted by atomic mass is 9.89. The normalized spacial score (nSPS) is 25.2. The summed E-state index contributed by atoms with van der Waals surface area (Å²) in [4.78, 5) is 26.7. The number of carbonyl (C=O) groups excluding carboxylic acids is 2. The zero-order valence-electron chi connectivity index (χ0n) is 11.7. The molecule has 1 spiro atoms. The molecule has 108 valence electrons. The van der Waals surface area contributed by atoms with Gasteiger partial charge in [0, 0.05) is 18.9 Å². The van der Waals surface area contributed by atoms with Gasteiger partial charge in [-0.2, -0.15) is 5.10 Å². The van der Waals surface area contributed by atoms with Crippen LogP contribution in [0.2, 0.25) is 0 Å². The number of amides is 2. The first-order valence-electron chi connectivity index (χ1n) is 7.23. The molecule has 1 N–H and O–H groups in total. The third-order valence-electron chi connectivity index (χ3n) is 4.47. The van der Waals surface area contributed by atoms with E-state index in [9.17, 15) is 9.59 Å². The van der Waals surface area contributed by atoms with Crippen LogP contribution in [0.15, 0.2) is 18.5 Å². The van der Waals surface area contributed by atoms with Crippen LogP contribution in [0.5, 0.6) is 0 Å². The van der Waals surface area contributed by atoms with Gasteiger partial charge in [-0.15, -0.1) is 0 Å². The number of hydrogen-bond acceptors (Lipinski definition) is 3. The SMILES string of the molecule is CC1NC(=O)C2(CCCC2)N(CCn2cccn2)C1=O. The van der Waals surface area contributed by atoms with Crippen LogP contribution in [0.1, 0.15) is 32.6 Å². The second kappa shape index (κ2) is 4.92. The van der Waals surface area contributed by atoms with Crippen LogP contribution in [-0.2, 0) is 16.1 Å². The fourth-order valence-corrected chi connectivity index (χ4v) is 3.38. The van der Waals surface area contributed by atoms with Gasteiger partial charge in [0.25, 0.3) is 0 Å². The van der Waals surface area contributed by atoms with Crippen molar-refractivity contribution < 1.29 is 9.59 Å². The number of hydrogen-bond donors (Lipinski definition) is 1. The Kier molecular flexibility index (Phi) is 3.23. The van der Waals surface area contributed by atoms with Crippen molar-refractivity contribution >= 4 is 11.8 Å². The van der Waals surface area contributed by atoms with E-state index in [1.165, 1.54) is 0 Å². The molecule has 1 aliphatic carbocycles. The summed E-state index contributed by atoms with van der Waals surface area (Å²) in [5, 5.41) is 6.99. The van der Waals surface area contributed by atoms with Gasteiger partial charge in [0.2, 0.25) is 11.8 Å². The molecule has 2 heterocycles. The molecule has 1 aliphatic heterocycles. The molecule has 1 aromatic heterocycles. The van der Waals surface area contributed by atoms with E-state index in [4.69, 9.17) is 0 Å². The molecule has 1 unspecified atom stereocenters. The highest BCUT2D eigenvalue weighted by atomic mass is 16.2. The highest BCUT2D eigenvalue weighted by Gasteiger charge is 2.52. The molecule has 6 nitrogen and oxygen atoms in total. The van der Waals surface area contributed by atoms with Crippen molar-refractivity contribution in [2.45, 2.75) is 50.7 Å². The maximum absolute atomic E-state index is 12.5. The lowest BCUT2D eigenvalue weighted by molar-refractivity contribution is -0.157. The number of aromatic nitrogens is 2. The van der Waals surface area contributed by atoms with Gasteiger partial charge in [-0.25, -0.2) is 0 Å². The van der Waals surface area contributed by atoms with Crippen LogP contribution >= 0.6 is 0 Å². The molecule has 0 bridgehead atoms. The van der Waals surface area contributed by atoms with Crippen molar-refractivity contribution in [3.05, 3.63) is 18.5 Å². The van der Waals surface area contributed by atoms with Crippen LogP contribution in [0, 0.1) is 0 Å². The van der Waals surface area contributed by atoms with Crippen molar-refractivity contribution in [1.82, 2.24) is 20.0 Å². The first-order chi connectivity index (χ1) is 9.63. The number of nitrogens with zero attached hydrogens (tertiary/aromatic N) is 3. The smallest absolute Gasteiger partial charge is 0.246 e. The summed E-state index contributed by atoms with van der Waals surface area (Å²) >= 11 is 0. The second-order valence-electron chi connectivity index (χ2n) is 5.69. The van der Waals surface area contributed by atoms with Crippen molar-refractivity contribution in [1.29, 1.82) is 0 Å². The summed E-state index contributed by atoms with van der Waals surface area (Å²) in [6, 6.07) is 1.44. The summed E-state index contributed by atoms with van der Waals surface area (Å²) in [6.07, 6.45) is 7.16. The minimum Gasteiger partial charge on any atom is -0.343 e. The number of carbonyl (C=O) groups is 2. The largest absolute Gasteiger partial charge is 0.343 e. The zero-order valence-corrected chi connectivity index (χ0v) is 11.7. The van der Waals surface area contributed by atoms with Gasteiger partial charge in [0.1, 0.15) is 11.6 Å². The van der Waals surface area contributed by atoms with Gasteiger partial charge in [-0.05, 0) is 25.8 Å². The molecule has 1 aromatic rings. The summed E-state index contributed by atoms with van der Waals surface area (Å²) in [7, 11) is 0. The maximum atomic E-state index is 12.5. The standard InChI is InChI=1S/C14H20N4O2/c1-11-12(19)18(10-9-17-8-4-7-15-17)14(13(20)16-11)5-2-3-6-14/h4,7-8,11H,2-3,5-6,9-10H2,1H3,(H,16,20). The topological polar surface area (TPSA) is 67.2 Å². The van der Waals surface area contributed by atoms with Gasteiger partial charge < -0.3 is 10.2 Å². The molecule has 3 rings (SSSR count). The van der Waals surface area contributed by atoms with Gasteiger partial charge in [0.05, 0.1) is 6.54 Å².